The predicted octanol–water partition coefficient (Wildman–Crippen LogP) is 2.48. The summed E-state index contributed by atoms with van der Waals surface area (Å²) in [6.07, 6.45) is 5.18. The molecule has 1 N–H and O–H groups in total. The Morgan fingerprint density at radius 3 is 2.50 bits per heavy atom. The minimum atomic E-state index is 0.512. The maximum Gasteiger partial charge on any atom is 0.243 e. The van der Waals surface area contributed by atoms with Crippen LogP contribution in [0, 0.1) is 19.8 Å². The summed E-state index contributed by atoms with van der Waals surface area (Å²) in [6, 6.07) is 0.512. The summed E-state index contributed by atoms with van der Waals surface area (Å²) in [4.78, 5) is 4.42. The van der Waals surface area contributed by atoms with Gasteiger partial charge >= 0.3 is 0 Å². The van der Waals surface area contributed by atoms with Gasteiger partial charge in [-0.15, -0.1) is 5.10 Å². The first kappa shape index (κ1) is 11.3. The van der Waals surface area contributed by atoms with Crippen molar-refractivity contribution in [2.45, 2.75) is 52.5 Å². The van der Waals surface area contributed by atoms with Crippen molar-refractivity contribution in [2.24, 2.45) is 5.92 Å². The molecule has 1 aromatic rings. The van der Waals surface area contributed by atoms with Crippen LogP contribution in [0.3, 0.4) is 0 Å². The van der Waals surface area contributed by atoms with Gasteiger partial charge in [-0.3, -0.25) is 0 Å². The molecule has 0 radical (unpaired) electrons. The van der Waals surface area contributed by atoms with Gasteiger partial charge in [0.1, 0.15) is 0 Å². The van der Waals surface area contributed by atoms with Crippen molar-refractivity contribution in [1.29, 1.82) is 0 Å². The standard InChI is InChI=1S/C12H20N4/c1-8-6-4-5-7-11(8)14-12-13-9(2)10(3)15-16-12/h8,11H,4-7H2,1-3H3,(H,13,14,16). The first-order valence-corrected chi connectivity index (χ1v) is 6.11. The Morgan fingerprint density at radius 2 is 1.81 bits per heavy atom. The monoisotopic (exact) mass is 220 g/mol. The number of aryl methyl sites for hydroxylation is 2. The predicted molar refractivity (Wildman–Crippen MR) is 64.3 cm³/mol. The zero-order valence-corrected chi connectivity index (χ0v) is 10.3. The van der Waals surface area contributed by atoms with Crippen LogP contribution in [0.1, 0.15) is 44.0 Å². The van der Waals surface area contributed by atoms with Crippen molar-refractivity contribution in [3.05, 3.63) is 11.4 Å². The Hall–Kier alpha value is -1.19. The summed E-state index contributed by atoms with van der Waals surface area (Å²) < 4.78 is 0. The fourth-order valence-electron chi connectivity index (χ4n) is 2.21. The molecule has 1 aliphatic rings. The van der Waals surface area contributed by atoms with Gasteiger partial charge in [-0.1, -0.05) is 19.8 Å². The first-order valence-electron chi connectivity index (χ1n) is 6.11. The molecule has 4 heteroatoms. The number of nitrogens with zero attached hydrogens (tertiary/aromatic N) is 3. The third kappa shape index (κ3) is 2.49. The summed E-state index contributed by atoms with van der Waals surface area (Å²) in [5.74, 6) is 1.39. The molecular weight excluding hydrogens is 200 g/mol. The van der Waals surface area contributed by atoms with E-state index in [1.165, 1.54) is 25.7 Å². The molecule has 0 bridgehead atoms. The molecule has 0 saturated heterocycles. The van der Waals surface area contributed by atoms with Gasteiger partial charge in [-0.05, 0) is 32.6 Å². The van der Waals surface area contributed by atoms with Crippen LogP contribution < -0.4 is 5.32 Å². The van der Waals surface area contributed by atoms with Gasteiger partial charge in [-0.2, -0.15) is 5.10 Å². The first-order chi connectivity index (χ1) is 7.66. The number of aromatic nitrogens is 3. The van der Waals surface area contributed by atoms with Crippen LogP contribution in [-0.2, 0) is 0 Å². The number of anilines is 1. The molecule has 1 heterocycles. The Morgan fingerprint density at radius 1 is 1.06 bits per heavy atom. The lowest BCUT2D eigenvalue weighted by atomic mass is 9.86. The minimum absolute atomic E-state index is 0.512. The average molecular weight is 220 g/mol. The molecular formula is C12H20N4. The second-order valence-corrected chi connectivity index (χ2v) is 4.82. The van der Waals surface area contributed by atoms with Crippen LogP contribution in [0.5, 0.6) is 0 Å². The number of nitrogens with one attached hydrogen (secondary N) is 1. The topological polar surface area (TPSA) is 50.7 Å². The second kappa shape index (κ2) is 4.76. The molecule has 88 valence electrons. The van der Waals surface area contributed by atoms with Crippen molar-refractivity contribution < 1.29 is 0 Å². The molecule has 1 aliphatic carbocycles. The largest absolute Gasteiger partial charge is 0.350 e. The summed E-state index contributed by atoms with van der Waals surface area (Å²) >= 11 is 0. The minimum Gasteiger partial charge on any atom is -0.350 e. The van der Waals surface area contributed by atoms with Gasteiger partial charge < -0.3 is 5.32 Å². The van der Waals surface area contributed by atoms with E-state index in [-0.39, 0.29) is 0 Å². The van der Waals surface area contributed by atoms with E-state index in [4.69, 9.17) is 0 Å². The van der Waals surface area contributed by atoms with E-state index in [2.05, 4.69) is 27.4 Å². The van der Waals surface area contributed by atoms with Crippen molar-refractivity contribution in [3.63, 3.8) is 0 Å². The highest BCUT2D eigenvalue weighted by Crippen LogP contribution is 2.25. The highest BCUT2D eigenvalue weighted by Gasteiger charge is 2.21. The molecule has 0 amide bonds. The van der Waals surface area contributed by atoms with E-state index in [9.17, 15) is 0 Å². The normalized spacial score (nSPS) is 25.4. The van der Waals surface area contributed by atoms with Crippen molar-refractivity contribution in [3.8, 4) is 0 Å². The number of hydrogen-bond donors (Lipinski definition) is 1. The second-order valence-electron chi connectivity index (χ2n) is 4.82. The highest BCUT2D eigenvalue weighted by atomic mass is 15.2. The van der Waals surface area contributed by atoms with Gasteiger partial charge in [0.15, 0.2) is 0 Å². The van der Waals surface area contributed by atoms with E-state index in [0.29, 0.717) is 17.9 Å². The lowest BCUT2D eigenvalue weighted by Crippen LogP contribution is -2.31. The Kier molecular flexibility index (Phi) is 3.36. The summed E-state index contributed by atoms with van der Waals surface area (Å²) in [6.45, 7) is 6.20. The van der Waals surface area contributed by atoms with E-state index >= 15 is 0 Å². The van der Waals surface area contributed by atoms with Crippen LogP contribution in [0.25, 0.3) is 0 Å². The van der Waals surface area contributed by atoms with Gasteiger partial charge in [0.25, 0.3) is 0 Å². The van der Waals surface area contributed by atoms with Gasteiger partial charge in [-0.25, -0.2) is 4.98 Å². The van der Waals surface area contributed by atoms with E-state index < -0.39 is 0 Å². The molecule has 2 atom stereocenters. The molecule has 4 nitrogen and oxygen atoms in total. The smallest absolute Gasteiger partial charge is 0.243 e. The van der Waals surface area contributed by atoms with Gasteiger partial charge in [0, 0.05) is 6.04 Å². The number of rotatable bonds is 2. The van der Waals surface area contributed by atoms with Crippen LogP contribution in [-0.4, -0.2) is 21.2 Å². The van der Waals surface area contributed by atoms with Gasteiger partial charge in [0.2, 0.25) is 5.95 Å². The zero-order valence-electron chi connectivity index (χ0n) is 10.3. The van der Waals surface area contributed by atoms with E-state index in [1.54, 1.807) is 0 Å². The molecule has 0 aromatic carbocycles. The third-order valence-corrected chi connectivity index (χ3v) is 3.52. The van der Waals surface area contributed by atoms with Crippen LogP contribution in [0.2, 0.25) is 0 Å². The van der Waals surface area contributed by atoms with Crippen molar-refractivity contribution in [1.82, 2.24) is 15.2 Å². The Bertz CT molecular complexity index is 364. The average Bonchev–Trinajstić information content (AvgIpc) is 2.27. The summed E-state index contributed by atoms with van der Waals surface area (Å²) in [7, 11) is 0. The quantitative estimate of drug-likeness (QED) is 0.832. The van der Waals surface area contributed by atoms with Crippen LogP contribution >= 0.6 is 0 Å². The highest BCUT2D eigenvalue weighted by molar-refractivity contribution is 5.26. The fraction of sp³-hybridized carbons (Fsp3) is 0.750. The maximum atomic E-state index is 4.42. The van der Waals surface area contributed by atoms with Crippen molar-refractivity contribution >= 4 is 5.95 Å². The molecule has 1 saturated carbocycles. The van der Waals surface area contributed by atoms with Crippen LogP contribution in [0.4, 0.5) is 5.95 Å². The van der Waals surface area contributed by atoms with Crippen LogP contribution in [0.15, 0.2) is 0 Å². The molecule has 1 aromatic heterocycles. The molecule has 2 rings (SSSR count). The molecule has 16 heavy (non-hydrogen) atoms. The zero-order chi connectivity index (χ0) is 11.5. The van der Waals surface area contributed by atoms with E-state index in [0.717, 1.165) is 11.4 Å². The fourth-order valence-corrected chi connectivity index (χ4v) is 2.21. The number of hydrogen-bond acceptors (Lipinski definition) is 4. The molecule has 2 unspecified atom stereocenters. The van der Waals surface area contributed by atoms with E-state index in [1.807, 2.05) is 13.8 Å². The maximum absolute atomic E-state index is 4.42. The lowest BCUT2D eigenvalue weighted by Gasteiger charge is -2.29. The summed E-state index contributed by atoms with van der Waals surface area (Å²) in [5.41, 5.74) is 1.86. The SMILES string of the molecule is Cc1nnc(NC2CCCCC2C)nc1C. The Balaban J connectivity index is 2.05. The molecule has 1 fully saturated rings. The third-order valence-electron chi connectivity index (χ3n) is 3.52. The molecule has 0 spiro atoms. The lowest BCUT2D eigenvalue weighted by molar-refractivity contribution is 0.348. The molecule has 0 aliphatic heterocycles. The Labute approximate surface area is 96.9 Å². The summed E-state index contributed by atoms with van der Waals surface area (Å²) in [5, 5.41) is 11.6. The van der Waals surface area contributed by atoms with Gasteiger partial charge in [0.05, 0.1) is 11.4 Å². The van der Waals surface area contributed by atoms with Crippen molar-refractivity contribution in [2.75, 3.05) is 5.32 Å².